The molecule has 0 aliphatic carbocycles. The van der Waals surface area contributed by atoms with E-state index < -0.39 is 5.91 Å². The first-order chi connectivity index (χ1) is 21.0. The van der Waals surface area contributed by atoms with E-state index in [0.29, 0.717) is 36.8 Å². The molecule has 43 heavy (non-hydrogen) atoms. The second-order valence-electron chi connectivity index (χ2n) is 12.8. The summed E-state index contributed by atoms with van der Waals surface area (Å²) < 4.78 is 5.31. The molecule has 6 heterocycles. The van der Waals surface area contributed by atoms with Gasteiger partial charge in [0.25, 0.3) is 5.91 Å². The number of anilines is 4. The van der Waals surface area contributed by atoms with Crippen LogP contribution in [0.5, 0.6) is 0 Å². The molecular weight excluding hydrogens is 546 g/mol. The van der Waals surface area contributed by atoms with E-state index in [1.807, 2.05) is 21.9 Å². The monoisotopic (exact) mass is 589 g/mol. The number of nitrogens with one attached hydrogen (secondary N) is 2. The van der Waals surface area contributed by atoms with Gasteiger partial charge in [0.15, 0.2) is 11.5 Å². The van der Waals surface area contributed by atoms with Gasteiger partial charge in [0.1, 0.15) is 5.82 Å². The number of carbonyl (C=O) groups excluding carboxylic acids is 2. The van der Waals surface area contributed by atoms with Crippen LogP contribution in [0.2, 0.25) is 0 Å². The van der Waals surface area contributed by atoms with Crippen LogP contribution >= 0.6 is 0 Å². The van der Waals surface area contributed by atoms with Crippen LogP contribution in [0.4, 0.5) is 27.8 Å². The van der Waals surface area contributed by atoms with Gasteiger partial charge in [-0.1, -0.05) is 0 Å². The van der Waals surface area contributed by atoms with Gasteiger partial charge in [0.2, 0.25) is 0 Å². The zero-order valence-corrected chi connectivity index (χ0v) is 24.8. The molecule has 3 amide bonds. The van der Waals surface area contributed by atoms with Crippen molar-refractivity contribution in [2.75, 3.05) is 80.7 Å². The normalized spacial score (nSPS) is 24.4. The Morgan fingerprint density at radius 3 is 2.35 bits per heavy atom. The molecule has 2 aromatic rings. The summed E-state index contributed by atoms with van der Waals surface area (Å²) in [6.07, 6.45) is 8.58. The zero-order chi connectivity index (χ0) is 29.4. The Morgan fingerprint density at radius 1 is 0.953 bits per heavy atom. The Hall–Kier alpha value is -3.64. The van der Waals surface area contributed by atoms with Gasteiger partial charge in [-0.05, 0) is 81.3 Å². The molecule has 230 valence electrons. The minimum atomic E-state index is -0.627. The van der Waals surface area contributed by atoms with Crippen LogP contribution in [0.3, 0.4) is 0 Å². The average molecular weight is 590 g/mol. The summed E-state index contributed by atoms with van der Waals surface area (Å²) >= 11 is 0. The third-order valence-corrected chi connectivity index (χ3v) is 10.3. The molecule has 7 rings (SSSR count). The van der Waals surface area contributed by atoms with Gasteiger partial charge >= 0.3 is 6.03 Å². The summed E-state index contributed by atoms with van der Waals surface area (Å²) in [5.74, 6) is 0.390. The summed E-state index contributed by atoms with van der Waals surface area (Å²) in [6, 6.07) is 8.73. The zero-order valence-electron chi connectivity index (χ0n) is 24.8. The number of piperidine rings is 3. The molecule has 1 spiro atoms. The number of rotatable bonds is 7. The van der Waals surface area contributed by atoms with Gasteiger partial charge in [-0.15, -0.1) is 0 Å². The Bertz CT molecular complexity index is 1320. The van der Waals surface area contributed by atoms with Crippen molar-refractivity contribution in [1.82, 2.24) is 25.1 Å². The van der Waals surface area contributed by atoms with Crippen molar-refractivity contribution >= 4 is 34.9 Å². The van der Waals surface area contributed by atoms with E-state index >= 15 is 0 Å². The topological polar surface area (TPSA) is 132 Å². The molecule has 1 aromatic heterocycles. The molecule has 5 saturated heterocycles. The van der Waals surface area contributed by atoms with Crippen molar-refractivity contribution < 1.29 is 14.3 Å². The number of aromatic nitrogens is 2. The molecule has 1 unspecified atom stereocenters. The summed E-state index contributed by atoms with van der Waals surface area (Å²) in [5, 5.41) is 6.81. The van der Waals surface area contributed by atoms with Crippen molar-refractivity contribution in [3.8, 4) is 0 Å². The number of urea groups is 1. The first-order valence-corrected chi connectivity index (χ1v) is 15.9. The Kier molecular flexibility index (Phi) is 7.72. The van der Waals surface area contributed by atoms with Crippen LogP contribution in [-0.2, 0) is 4.74 Å². The lowest BCUT2D eigenvalue weighted by molar-refractivity contribution is -0.0444. The molecule has 1 aromatic carbocycles. The maximum atomic E-state index is 13.1. The van der Waals surface area contributed by atoms with Crippen LogP contribution in [0.15, 0.2) is 30.5 Å². The minimum absolute atomic E-state index is 0.105. The summed E-state index contributed by atoms with van der Waals surface area (Å²) in [4.78, 5) is 43.2. The fourth-order valence-electron chi connectivity index (χ4n) is 7.46. The van der Waals surface area contributed by atoms with Crippen molar-refractivity contribution in [2.45, 2.75) is 50.6 Å². The number of primary amides is 1. The third kappa shape index (κ3) is 5.70. The predicted molar refractivity (Wildman–Crippen MR) is 165 cm³/mol. The molecule has 5 aliphatic heterocycles. The number of nitrogens with two attached hydrogens (primary N) is 1. The van der Waals surface area contributed by atoms with E-state index in [2.05, 4.69) is 37.6 Å². The molecule has 12 nitrogen and oxygen atoms in total. The van der Waals surface area contributed by atoms with Crippen molar-refractivity contribution in [3.05, 3.63) is 36.2 Å². The van der Waals surface area contributed by atoms with Crippen molar-refractivity contribution in [2.24, 2.45) is 11.1 Å². The predicted octanol–water partition coefficient (Wildman–Crippen LogP) is 2.39. The Morgan fingerprint density at radius 2 is 1.67 bits per heavy atom. The summed E-state index contributed by atoms with van der Waals surface area (Å²) in [7, 11) is 0. The summed E-state index contributed by atoms with van der Waals surface area (Å²) in [6.45, 7) is 8.68. The third-order valence-electron chi connectivity index (χ3n) is 10.3. The molecule has 5 fully saturated rings. The molecule has 5 aliphatic rings. The lowest BCUT2D eigenvalue weighted by Crippen LogP contribution is -2.53. The van der Waals surface area contributed by atoms with Gasteiger partial charge in [0, 0.05) is 50.6 Å². The number of nitrogens with zero attached hydrogens (tertiary/aromatic N) is 6. The van der Waals surface area contributed by atoms with Crippen LogP contribution in [-0.4, -0.2) is 109 Å². The van der Waals surface area contributed by atoms with E-state index in [4.69, 9.17) is 15.5 Å². The highest BCUT2D eigenvalue weighted by Gasteiger charge is 2.41. The maximum Gasteiger partial charge on any atom is 0.320 e. The standard InChI is InChI=1S/C31H43N9O3/c32-28(41)27-29(35-22-3-5-23(6-4-22)37-14-9-31(10-15-37)7-11-33-12-8-31)36-26(18-34-27)38-13-1-2-24(19-38)39-16-17-40(30(39)42)25-20-43-21-25/h3-6,18,24-25,33H,1-2,7-17,19-21H2,(H2,32,41)(H,35,36). The molecule has 1 atom stereocenters. The van der Waals surface area contributed by atoms with E-state index in [-0.39, 0.29) is 23.8 Å². The molecule has 4 N–H and O–H groups in total. The van der Waals surface area contributed by atoms with Crippen LogP contribution in [0.1, 0.15) is 49.0 Å². The molecule has 0 bridgehead atoms. The second-order valence-corrected chi connectivity index (χ2v) is 12.8. The number of amides is 3. The van der Waals surface area contributed by atoms with E-state index in [0.717, 1.165) is 64.3 Å². The average Bonchev–Trinajstić information content (AvgIpc) is 3.38. The first kappa shape index (κ1) is 28.1. The quantitative estimate of drug-likeness (QED) is 0.445. The lowest BCUT2D eigenvalue weighted by atomic mass is 9.71. The van der Waals surface area contributed by atoms with Crippen LogP contribution in [0.25, 0.3) is 0 Å². The number of ether oxygens (including phenoxy) is 1. The minimum Gasteiger partial charge on any atom is -0.377 e. The van der Waals surface area contributed by atoms with Crippen molar-refractivity contribution in [1.29, 1.82) is 0 Å². The van der Waals surface area contributed by atoms with Crippen LogP contribution < -0.4 is 26.2 Å². The Balaban J connectivity index is 1.02. The lowest BCUT2D eigenvalue weighted by Gasteiger charge is -2.45. The smallest absolute Gasteiger partial charge is 0.320 e. The fourth-order valence-corrected chi connectivity index (χ4v) is 7.46. The SMILES string of the molecule is NC(=O)c1ncc(N2CCCC(N3CCN(C4COC4)C3=O)C2)nc1Nc1ccc(N2CCC3(CCNCC3)CC2)cc1. The van der Waals surface area contributed by atoms with Gasteiger partial charge in [-0.2, -0.15) is 0 Å². The fraction of sp³-hybridized carbons (Fsp3) is 0.613. The molecule has 0 radical (unpaired) electrons. The second kappa shape index (κ2) is 11.8. The number of hydrogen-bond acceptors (Lipinski definition) is 9. The number of benzene rings is 1. The Labute approximate surface area is 252 Å². The molecule has 0 saturated carbocycles. The first-order valence-electron chi connectivity index (χ1n) is 15.9. The van der Waals surface area contributed by atoms with Crippen LogP contribution in [0, 0.1) is 5.41 Å². The molecule has 12 heteroatoms. The molecular formula is C31H43N9O3. The van der Waals surface area contributed by atoms with Crippen molar-refractivity contribution in [3.63, 3.8) is 0 Å². The highest BCUT2D eigenvalue weighted by Crippen LogP contribution is 2.40. The largest absolute Gasteiger partial charge is 0.377 e. The van der Waals surface area contributed by atoms with E-state index in [1.54, 1.807) is 6.20 Å². The number of carbonyl (C=O) groups is 2. The number of hydrogen-bond donors (Lipinski definition) is 3. The highest BCUT2D eigenvalue weighted by atomic mass is 16.5. The van der Waals surface area contributed by atoms with Gasteiger partial charge in [-0.3, -0.25) is 4.79 Å². The summed E-state index contributed by atoms with van der Waals surface area (Å²) in [5.41, 5.74) is 8.35. The van der Waals surface area contributed by atoms with Gasteiger partial charge in [-0.25, -0.2) is 14.8 Å². The van der Waals surface area contributed by atoms with Gasteiger partial charge < -0.3 is 40.7 Å². The van der Waals surface area contributed by atoms with Gasteiger partial charge in [0.05, 0.1) is 31.5 Å². The van der Waals surface area contributed by atoms with E-state index in [1.165, 1.54) is 31.4 Å². The maximum absolute atomic E-state index is 13.1. The highest BCUT2D eigenvalue weighted by molar-refractivity contribution is 5.96. The van der Waals surface area contributed by atoms with E-state index in [9.17, 15) is 9.59 Å².